The van der Waals surface area contributed by atoms with Crippen molar-refractivity contribution in [1.82, 2.24) is 0 Å². The Kier molecular flexibility index (Phi) is 3.08. The lowest BCUT2D eigenvalue weighted by molar-refractivity contribution is 0.104. The smallest absolute Gasteiger partial charge is 0.288 e. The third-order valence-corrected chi connectivity index (χ3v) is 2.51. The Hall–Kier alpha value is -3.05. The summed E-state index contributed by atoms with van der Waals surface area (Å²) in [6.45, 7) is 0. The van der Waals surface area contributed by atoms with Gasteiger partial charge in [-0.25, -0.2) is 0 Å². The number of hydrogen-bond donors (Lipinski definition) is 0. The summed E-state index contributed by atoms with van der Waals surface area (Å²) in [5.41, 5.74) is 0.845. The summed E-state index contributed by atoms with van der Waals surface area (Å²) in [6.07, 6.45) is 0. The molecule has 0 saturated heterocycles. The minimum Gasteiger partial charge on any atom is -0.288 e. The van der Waals surface area contributed by atoms with Crippen molar-refractivity contribution in [3.05, 3.63) is 69.6 Å². The van der Waals surface area contributed by atoms with Gasteiger partial charge in [0.25, 0.3) is 0 Å². The van der Waals surface area contributed by atoms with E-state index < -0.39 is 0 Å². The zero-order valence-corrected chi connectivity index (χ0v) is 9.32. The summed E-state index contributed by atoms with van der Waals surface area (Å²) in [4.78, 5) is 18.4. The fraction of sp³-hybridized carbons (Fsp3) is 0. The summed E-state index contributed by atoms with van der Waals surface area (Å²) < 4.78 is 0. The van der Waals surface area contributed by atoms with Crippen LogP contribution in [0.2, 0.25) is 0 Å². The second-order valence-corrected chi connectivity index (χ2v) is 3.56. The van der Waals surface area contributed by atoms with Crippen LogP contribution in [0.1, 0.15) is 15.9 Å². The molecule has 0 bridgehead atoms. The highest BCUT2D eigenvalue weighted by Gasteiger charge is 2.26. The number of rotatable bonds is 2. The molecule has 0 amide bonds. The molecule has 0 radical (unpaired) electrons. The average Bonchev–Trinajstić information content (AvgIpc) is 2.46. The molecule has 5 nitrogen and oxygen atoms in total. The zero-order chi connectivity index (χ0) is 13.0. The first-order valence-corrected chi connectivity index (χ1v) is 5.21. The van der Waals surface area contributed by atoms with E-state index in [1.54, 1.807) is 36.4 Å². The standard InChI is InChI=1S/C13H8N4O/c14-16-11-7-3-1-5-9(11)13(18)10-6-2-4-8-12(10)17-15/h1-8H/q+2. The number of ketones is 1. The highest BCUT2D eigenvalue weighted by atomic mass is 16.1. The van der Waals surface area contributed by atoms with Crippen molar-refractivity contribution >= 4 is 17.2 Å². The van der Waals surface area contributed by atoms with Crippen molar-refractivity contribution in [2.75, 3.05) is 0 Å². The molecule has 0 aliphatic rings. The van der Waals surface area contributed by atoms with Crippen LogP contribution >= 0.6 is 0 Å². The molecule has 0 N–H and O–H groups in total. The third kappa shape index (κ3) is 1.93. The lowest BCUT2D eigenvalue weighted by atomic mass is 10.0. The van der Waals surface area contributed by atoms with Gasteiger partial charge in [-0.15, -0.1) is 0 Å². The second-order valence-electron chi connectivity index (χ2n) is 3.56. The molecule has 2 aromatic rings. The van der Waals surface area contributed by atoms with E-state index in [2.05, 4.69) is 9.95 Å². The molecular weight excluding hydrogens is 228 g/mol. The largest absolute Gasteiger partial charge is 0.396 e. The van der Waals surface area contributed by atoms with Crippen molar-refractivity contribution in [3.63, 3.8) is 0 Å². The van der Waals surface area contributed by atoms with Gasteiger partial charge in [0.05, 0.1) is 0 Å². The zero-order valence-electron chi connectivity index (χ0n) is 9.32. The van der Waals surface area contributed by atoms with Gasteiger partial charge in [0.2, 0.25) is 16.6 Å². The Bertz CT molecular complexity index is 635. The molecule has 0 heterocycles. The SMILES string of the molecule is N#[N+]c1ccccc1C(=O)c1ccccc1[N+]#N. The van der Waals surface area contributed by atoms with Crippen molar-refractivity contribution in [3.8, 4) is 0 Å². The van der Waals surface area contributed by atoms with Gasteiger partial charge in [-0.1, -0.05) is 24.3 Å². The van der Waals surface area contributed by atoms with Crippen molar-refractivity contribution in [2.24, 2.45) is 0 Å². The number of diazo groups is 2. The fourth-order valence-corrected chi connectivity index (χ4v) is 1.65. The Morgan fingerprint density at radius 3 is 1.56 bits per heavy atom. The van der Waals surface area contributed by atoms with Gasteiger partial charge >= 0.3 is 11.4 Å². The molecular formula is C13H8N4O+2. The van der Waals surface area contributed by atoms with E-state index in [1.807, 2.05) is 0 Å². The van der Waals surface area contributed by atoms with E-state index in [4.69, 9.17) is 10.8 Å². The van der Waals surface area contributed by atoms with Crippen molar-refractivity contribution < 1.29 is 4.79 Å². The number of nitrogens with zero attached hydrogens (tertiary/aromatic N) is 4. The van der Waals surface area contributed by atoms with Gasteiger partial charge in [-0.3, -0.25) is 4.79 Å². The number of carbonyl (C=O) groups excluding carboxylic acids is 1. The van der Waals surface area contributed by atoms with E-state index in [1.165, 1.54) is 12.1 Å². The monoisotopic (exact) mass is 236 g/mol. The summed E-state index contributed by atoms with van der Waals surface area (Å²) in [5.74, 6) is -0.364. The molecule has 0 aromatic heterocycles. The van der Waals surface area contributed by atoms with Gasteiger partial charge in [0.15, 0.2) is 9.95 Å². The Morgan fingerprint density at radius 2 is 1.17 bits per heavy atom. The predicted molar refractivity (Wildman–Crippen MR) is 65.8 cm³/mol. The van der Waals surface area contributed by atoms with Gasteiger partial charge in [0.1, 0.15) is 11.1 Å². The fourth-order valence-electron chi connectivity index (χ4n) is 1.65. The number of hydrogen-bond acceptors (Lipinski definition) is 3. The first-order valence-electron chi connectivity index (χ1n) is 5.21. The molecule has 0 fully saturated rings. The molecule has 0 spiro atoms. The summed E-state index contributed by atoms with van der Waals surface area (Å²) >= 11 is 0. The lowest BCUT2D eigenvalue weighted by Crippen LogP contribution is -2.01. The Labute approximate surface area is 103 Å². The normalized spacial score (nSPS) is 9.22. The van der Waals surface area contributed by atoms with Crippen molar-refractivity contribution in [2.45, 2.75) is 0 Å². The van der Waals surface area contributed by atoms with Gasteiger partial charge < -0.3 is 0 Å². The van der Waals surface area contributed by atoms with Crippen LogP contribution in [0.5, 0.6) is 0 Å². The van der Waals surface area contributed by atoms with E-state index in [0.29, 0.717) is 0 Å². The van der Waals surface area contributed by atoms with E-state index in [-0.39, 0.29) is 28.3 Å². The molecule has 2 aromatic carbocycles. The Morgan fingerprint density at radius 1 is 0.778 bits per heavy atom. The number of benzene rings is 2. The molecule has 84 valence electrons. The molecule has 0 saturated carbocycles. The van der Waals surface area contributed by atoms with Crippen LogP contribution < -0.4 is 0 Å². The second kappa shape index (κ2) is 4.86. The highest BCUT2D eigenvalue weighted by Crippen LogP contribution is 2.26. The summed E-state index contributed by atoms with van der Waals surface area (Å²) in [5, 5.41) is 17.7. The maximum Gasteiger partial charge on any atom is 0.396 e. The van der Waals surface area contributed by atoms with Crippen LogP contribution in [0.25, 0.3) is 9.95 Å². The lowest BCUT2D eigenvalue weighted by Gasteiger charge is -1.95. The molecule has 5 heteroatoms. The minimum atomic E-state index is -0.364. The van der Waals surface area contributed by atoms with Crippen LogP contribution in [-0.4, -0.2) is 5.78 Å². The average molecular weight is 236 g/mol. The van der Waals surface area contributed by atoms with Crippen molar-refractivity contribution in [1.29, 1.82) is 10.8 Å². The summed E-state index contributed by atoms with van der Waals surface area (Å²) in [7, 11) is 0. The molecule has 2 rings (SSSR count). The Balaban J connectivity index is 2.57. The minimum absolute atomic E-state index is 0.176. The van der Waals surface area contributed by atoms with E-state index in [0.717, 1.165) is 0 Å². The maximum absolute atomic E-state index is 12.3. The first kappa shape index (κ1) is 11.4. The molecule has 0 aliphatic heterocycles. The maximum atomic E-state index is 12.3. The topological polar surface area (TPSA) is 73.4 Å². The first-order chi connectivity index (χ1) is 8.77. The summed E-state index contributed by atoms with van der Waals surface area (Å²) in [6, 6.07) is 12.8. The third-order valence-electron chi connectivity index (χ3n) is 2.51. The highest BCUT2D eigenvalue weighted by molar-refractivity contribution is 6.15. The molecule has 18 heavy (non-hydrogen) atoms. The van der Waals surface area contributed by atoms with Crippen LogP contribution in [0.3, 0.4) is 0 Å². The van der Waals surface area contributed by atoms with Crippen LogP contribution in [0.15, 0.2) is 48.5 Å². The quantitative estimate of drug-likeness (QED) is 0.586. The van der Waals surface area contributed by atoms with E-state index in [9.17, 15) is 4.79 Å². The number of carbonyl (C=O) groups is 1. The molecule has 0 aliphatic carbocycles. The van der Waals surface area contributed by atoms with E-state index >= 15 is 0 Å². The predicted octanol–water partition coefficient (Wildman–Crippen LogP) is 3.89. The molecule has 0 unspecified atom stereocenters. The van der Waals surface area contributed by atoms with Crippen LogP contribution in [0.4, 0.5) is 11.4 Å². The van der Waals surface area contributed by atoms with Crippen LogP contribution in [0, 0.1) is 10.8 Å². The van der Waals surface area contributed by atoms with Gasteiger partial charge in [0, 0.05) is 12.1 Å². The van der Waals surface area contributed by atoms with Gasteiger partial charge in [-0.05, 0) is 12.1 Å². The van der Waals surface area contributed by atoms with Gasteiger partial charge in [-0.2, -0.15) is 0 Å². The molecule has 0 atom stereocenters. The van der Waals surface area contributed by atoms with Crippen LogP contribution in [-0.2, 0) is 0 Å².